The van der Waals surface area contributed by atoms with Crippen LogP contribution >= 0.6 is 0 Å². The summed E-state index contributed by atoms with van der Waals surface area (Å²) in [5.74, 6) is 0. The lowest BCUT2D eigenvalue weighted by Crippen LogP contribution is -1.86. The Bertz CT molecular complexity index is 517. The van der Waals surface area contributed by atoms with Gasteiger partial charge in [-0.3, -0.25) is 4.98 Å². The Hall–Kier alpha value is -1.67. The molecule has 0 radical (unpaired) electrons. The molecule has 2 nitrogen and oxygen atoms in total. The van der Waals surface area contributed by atoms with Crippen molar-refractivity contribution >= 4 is 17.0 Å². The molecule has 1 N–H and O–H groups in total. The van der Waals surface area contributed by atoms with Gasteiger partial charge in [-0.2, -0.15) is 0 Å². The van der Waals surface area contributed by atoms with E-state index in [1.54, 1.807) is 0 Å². The zero-order valence-corrected chi connectivity index (χ0v) is 9.35. The molecule has 0 saturated carbocycles. The molecule has 1 aromatic carbocycles. The van der Waals surface area contributed by atoms with E-state index in [9.17, 15) is 0 Å². The van der Waals surface area contributed by atoms with Crippen molar-refractivity contribution in [2.24, 2.45) is 0 Å². The highest BCUT2D eigenvalue weighted by Gasteiger charge is 2.01. The van der Waals surface area contributed by atoms with Gasteiger partial charge < -0.3 is 5.11 Å². The van der Waals surface area contributed by atoms with E-state index in [0.29, 0.717) is 6.42 Å². The summed E-state index contributed by atoms with van der Waals surface area (Å²) in [5, 5.41) is 9.89. The largest absolute Gasteiger partial charge is 0.396 e. The maximum Gasteiger partial charge on any atom is 0.0737 e. The van der Waals surface area contributed by atoms with Crippen LogP contribution in [0.3, 0.4) is 0 Å². The van der Waals surface area contributed by atoms with Crippen LogP contribution in [-0.4, -0.2) is 16.7 Å². The Kier molecular flexibility index (Phi) is 3.32. The lowest BCUT2D eigenvalue weighted by atomic mass is 10.0. The molecule has 1 heterocycles. The van der Waals surface area contributed by atoms with Gasteiger partial charge in [-0.05, 0) is 30.5 Å². The fraction of sp³-hybridized carbons (Fsp3) is 0.214. The minimum absolute atomic E-state index is 0.196. The van der Waals surface area contributed by atoms with E-state index in [-0.39, 0.29) is 6.61 Å². The number of rotatable bonds is 3. The molecule has 0 aliphatic carbocycles. The Morgan fingerprint density at radius 3 is 3.00 bits per heavy atom. The monoisotopic (exact) mass is 213 g/mol. The molecule has 0 amide bonds. The van der Waals surface area contributed by atoms with Gasteiger partial charge in [0.05, 0.1) is 5.52 Å². The standard InChI is InChI=1S/C14H15NO/c1-11-12(5-2-3-10-16)7-8-13-6-4-9-15-14(11)13/h2,4-9,16H,3,10H2,1H3. The van der Waals surface area contributed by atoms with Crippen LogP contribution in [-0.2, 0) is 0 Å². The number of benzene rings is 1. The highest BCUT2D eigenvalue weighted by molar-refractivity contribution is 5.84. The number of hydrogen-bond donors (Lipinski definition) is 1. The first-order chi connectivity index (χ1) is 7.83. The molecular weight excluding hydrogens is 198 g/mol. The van der Waals surface area contributed by atoms with Crippen molar-refractivity contribution in [1.82, 2.24) is 4.98 Å². The third-order valence-corrected chi connectivity index (χ3v) is 2.66. The number of hydrogen-bond acceptors (Lipinski definition) is 2. The molecule has 0 unspecified atom stereocenters. The molecule has 0 spiro atoms. The van der Waals surface area contributed by atoms with Crippen LogP contribution in [0.2, 0.25) is 0 Å². The van der Waals surface area contributed by atoms with E-state index >= 15 is 0 Å². The van der Waals surface area contributed by atoms with Crippen LogP contribution in [0.4, 0.5) is 0 Å². The summed E-state index contributed by atoms with van der Waals surface area (Å²) in [6.07, 6.45) is 6.53. The lowest BCUT2D eigenvalue weighted by molar-refractivity contribution is 0.303. The highest BCUT2D eigenvalue weighted by atomic mass is 16.2. The molecule has 16 heavy (non-hydrogen) atoms. The molecule has 82 valence electrons. The predicted octanol–water partition coefficient (Wildman–Crippen LogP) is 2.94. The summed E-state index contributed by atoms with van der Waals surface area (Å²) in [4.78, 5) is 4.39. The van der Waals surface area contributed by atoms with Crippen LogP contribution in [0.5, 0.6) is 0 Å². The molecular formula is C14H15NO. The number of aliphatic hydroxyl groups excluding tert-OH is 1. The zero-order valence-electron chi connectivity index (χ0n) is 9.35. The molecule has 0 aliphatic heterocycles. The molecule has 2 rings (SSSR count). The number of aliphatic hydroxyl groups is 1. The van der Waals surface area contributed by atoms with Crippen molar-refractivity contribution in [3.05, 3.63) is 47.7 Å². The van der Waals surface area contributed by atoms with Crippen molar-refractivity contribution in [3.63, 3.8) is 0 Å². The maximum absolute atomic E-state index is 8.72. The first kappa shape index (κ1) is 10.8. The minimum Gasteiger partial charge on any atom is -0.396 e. The molecule has 2 aromatic rings. The van der Waals surface area contributed by atoms with E-state index in [1.807, 2.05) is 24.4 Å². The average Bonchev–Trinajstić information content (AvgIpc) is 2.33. The Morgan fingerprint density at radius 1 is 1.31 bits per heavy atom. The fourth-order valence-corrected chi connectivity index (χ4v) is 1.77. The SMILES string of the molecule is Cc1c(C=CCCO)ccc2cccnc12. The van der Waals surface area contributed by atoms with Crippen molar-refractivity contribution in [2.75, 3.05) is 6.61 Å². The van der Waals surface area contributed by atoms with Gasteiger partial charge in [-0.25, -0.2) is 0 Å². The zero-order chi connectivity index (χ0) is 11.4. The third-order valence-electron chi connectivity index (χ3n) is 2.66. The van der Waals surface area contributed by atoms with E-state index in [4.69, 9.17) is 5.11 Å². The van der Waals surface area contributed by atoms with Gasteiger partial charge >= 0.3 is 0 Å². The molecule has 1 aromatic heterocycles. The van der Waals surface area contributed by atoms with Crippen LogP contribution in [0.15, 0.2) is 36.5 Å². The van der Waals surface area contributed by atoms with Gasteiger partial charge in [0.25, 0.3) is 0 Å². The minimum atomic E-state index is 0.196. The van der Waals surface area contributed by atoms with Crippen molar-refractivity contribution in [3.8, 4) is 0 Å². The summed E-state index contributed by atoms with van der Waals surface area (Å²) in [6, 6.07) is 8.18. The number of aromatic nitrogens is 1. The number of nitrogens with zero attached hydrogens (tertiary/aromatic N) is 1. The van der Waals surface area contributed by atoms with Crippen LogP contribution < -0.4 is 0 Å². The molecule has 0 bridgehead atoms. The van der Waals surface area contributed by atoms with Gasteiger partial charge in [-0.1, -0.05) is 30.4 Å². The highest BCUT2D eigenvalue weighted by Crippen LogP contribution is 2.20. The second kappa shape index (κ2) is 4.90. The van der Waals surface area contributed by atoms with E-state index in [2.05, 4.69) is 30.1 Å². The lowest BCUT2D eigenvalue weighted by Gasteiger charge is -2.04. The summed E-state index contributed by atoms with van der Waals surface area (Å²) in [6.45, 7) is 2.27. The number of aryl methyl sites for hydroxylation is 1. The molecule has 0 saturated heterocycles. The maximum atomic E-state index is 8.72. The summed E-state index contributed by atoms with van der Waals surface area (Å²) < 4.78 is 0. The summed E-state index contributed by atoms with van der Waals surface area (Å²) >= 11 is 0. The Morgan fingerprint density at radius 2 is 2.19 bits per heavy atom. The normalized spacial score (nSPS) is 11.4. The first-order valence-electron chi connectivity index (χ1n) is 5.44. The van der Waals surface area contributed by atoms with Crippen molar-refractivity contribution in [2.45, 2.75) is 13.3 Å². The van der Waals surface area contributed by atoms with Crippen molar-refractivity contribution in [1.29, 1.82) is 0 Å². The first-order valence-corrected chi connectivity index (χ1v) is 5.44. The molecule has 0 aliphatic rings. The second-order valence-electron chi connectivity index (χ2n) is 3.77. The predicted molar refractivity (Wildman–Crippen MR) is 67.2 cm³/mol. The van der Waals surface area contributed by atoms with Crippen LogP contribution in [0.1, 0.15) is 17.5 Å². The molecule has 0 atom stereocenters. The smallest absolute Gasteiger partial charge is 0.0737 e. The van der Waals surface area contributed by atoms with Crippen LogP contribution in [0.25, 0.3) is 17.0 Å². The van der Waals surface area contributed by atoms with Crippen LogP contribution in [0, 0.1) is 6.92 Å². The summed E-state index contributed by atoms with van der Waals surface area (Å²) in [7, 11) is 0. The topological polar surface area (TPSA) is 33.1 Å². The van der Waals surface area contributed by atoms with E-state index in [0.717, 1.165) is 5.52 Å². The Balaban J connectivity index is 2.44. The quantitative estimate of drug-likeness (QED) is 0.850. The third kappa shape index (κ3) is 2.12. The van der Waals surface area contributed by atoms with Gasteiger partial charge in [0.2, 0.25) is 0 Å². The van der Waals surface area contributed by atoms with Gasteiger partial charge in [0, 0.05) is 18.2 Å². The molecule has 2 heteroatoms. The second-order valence-corrected chi connectivity index (χ2v) is 3.77. The summed E-state index contributed by atoms with van der Waals surface area (Å²) in [5.41, 5.74) is 3.40. The number of fused-ring (bicyclic) bond motifs is 1. The van der Waals surface area contributed by atoms with E-state index in [1.165, 1.54) is 16.5 Å². The average molecular weight is 213 g/mol. The number of pyridine rings is 1. The van der Waals surface area contributed by atoms with Crippen molar-refractivity contribution < 1.29 is 5.11 Å². The van der Waals surface area contributed by atoms with Gasteiger partial charge in [0.15, 0.2) is 0 Å². The fourth-order valence-electron chi connectivity index (χ4n) is 1.77. The molecule has 0 fully saturated rings. The Labute approximate surface area is 95.3 Å². The van der Waals surface area contributed by atoms with Gasteiger partial charge in [0.1, 0.15) is 0 Å². The van der Waals surface area contributed by atoms with E-state index < -0.39 is 0 Å². The van der Waals surface area contributed by atoms with Gasteiger partial charge in [-0.15, -0.1) is 0 Å².